The number of ether oxygens (including phenoxy) is 1. The van der Waals surface area contributed by atoms with Gasteiger partial charge in [-0.25, -0.2) is 18.3 Å². The molecule has 1 aliphatic rings. The lowest BCUT2D eigenvalue weighted by molar-refractivity contribution is -0.140. The Morgan fingerprint density at radius 2 is 1.73 bits per heavy atom. The highest BCUT2D eigenvalue weighted by Gasteiger charge is 2.51. The van der Waals surface area contributed by atoms with E-state index in [1.807, 2.05) is 30.3 Å². The Morgan fingerprint density at radius 3 is 2.35 bits per heavy atom. The normalized spacial score (nSPS) is 14.6. The number of carboxylic acid groups (broad SMARTS) is 1. The van der Waals surface area contributed by atoms with Gasteiger partial charge in [0.1, 0.15) is 11.9 Å². The van der Waals surface area contributed by atoms with E-state index < -0.39 is 35.2 Å². The quantitative estimate of drug-likeness (QED) is 0.311. The van der Waals surface area contributed by atoms with Crippen molar-refractivity contribution >= 4 is 17.9 Å². The molecule has 1 heterocycles. The van der Waals surface area contributed by atoms with E-state index in [0.29, 0.717) is 35.2 Å². The van der Waals surface area contributed by atoms with Gasteiger partial charge in [-0.3, -0.25) is 10.1 Å². The zero-order chi connectivity index (χ0) is 26.2. The third-order valence-electron chi connectivity index (χ3n) is 6.60. The Balaban J connectivity index is 1.33. The highest BCUT2D eigenvalue weighted by molar-refractivity contribution is 5.85. The summed E-state index contributed by atoms with van der Waals surface area (Å²) in [6.45, 7) is 1.71. The number of amides is 1. The number of carbonyl (C=O) groups is 2. The third kappa shape index (κ3) is 4.67. The number of carboxylic acids is 1. The number of aliphatic carboxylic acids is 1. The summed E-state index contributed by atoms with van der Waals surface area (Å²) in [6, 6.07) is 20.1. The maximum Gasteiger partial charge on any atom is 0.413 e. The first-order chi connectivity index (χ1) is 17.8. The van der Waals surface area contributed by atoms with Crippen molar-refractivity contribution in [1.82, 2.24) is 9.78 Å². The Hall–Kier alpha value is -4.53. The first-order valence-electron chi connectivity index (χ1n) is 11.7. The molecule has 0 saturated heterocycles. The lowest BCUT2D eigenvalue weighted by Crippen LogP contribution is -2.19. The Labute approximate surface area is 211 Å². The van der Waals surface area contributed by atoms with Crippen LogP contribution >= 0.6 is 0 Å². The van der Waals surface area contributed by atoms with Gasteiger partial charge < -0.3 is 9.84 Å². The molecule has 1 amide bonds. The van der Waals surface area contributed by atoms with Crippen molar-refractivity contribution in [3.8, 4) is 16.8 Å². The van der Waals surface area contributed by atoms with E-state index in [4.69, 9.17) is 4.74 Å². The van der Waals surface area contributed by atoms with Crippen LogP contribution in [0, 0.1) is 11.6 Å². The fourth-order valence-corrected chi connectivity index (χ4v) is 4.30. The van der Waals surface area contributed by atoms with Crippen LogP contribution in [0.2, 0.25) is 0 Å². The number of anilines is 1. The molecule has 0 bridgehead atoms. The highest BCUT2D eigenvalue weighted by Crippen LogP contribution is 2.49. The van der Waals surface area contributed by atoms with E-state index in [1.54, 1.807) is 43.3 Å². The van der Waals surface area contributed by atoms with Crippen LogP contribution in [0.4, 0.5) is 19.4 Å². The number of carbonyl (C=O) groups excluding carboxylic acids is 1. The summed E-state index contributed by atoms with van der Waals surface area (Å²) in [5, 5.41) is 15.9. The largest absolute Gasteiger partial charge is 0.481 e. The van der Waals surface area contributed by atoms with Crippen molar-refractivity contribution in [2.24, 2.45) is 0 Å². The van der Waals surface area contributed by atoms with Crippen LogP contribution in [-0.2, 0) is 14.9 Å². The van der Waals surface area contributed by atoms with Crippen LogP contribution in [0.5, 0.6) is 0 Å². The second kappa shape index (κ2) is 9.50. The summed E-state index contributed by atoms with van der Waals surface area (Å²) in [5.41, 5.74) is 1.54. The van der Waals surface area contributed by atoms with Gasteiger partial charge in [0.25, 0.3) is 0 Å². The number of nitrogens with zero attached hydrogens (tertiary/aromatic N) is 2. The molecule has 4 aromatic rings. The molecule has 1 aliphatic carbocycles. The fraction of sp³-hybridized carbons (Fsp3) is 0.179. The highest BCUT2D eigenvalue weighted by atomic mass is 19.1. The molecule has 7 nitrogen and oxygen atoms in total. The van der Waals surface area contributed by atoms with Crippen LogP contribution in [0.15, 0.2) is 79.0 Å². The minimum absolute atomic E-state index is 0.197. The molecule has 1 fully saturated rings. The minimum atomic E-state index is -0.989. The maximum absolute atomic E-state index is 14.9. The maximum atomic E-state index is 14.9. The van der Waals surface area contributed by atoms with Crippen LogP contribution in [0.25, 0.3) is 16.8 Å². The van der Waals surface area contributed by atoms with Crippen LogP contribution in [0.1, 0.15) is 37.0 Å². The monoisotopic (exact) mass is 503 g/mol. The average Bonchev–Trinajstić information content (AvgIpc) is 3.64. The standard InChI is InChI=1S/C28H23F2N3O4/c1-17(18-5-3-2-4-6-18)37-27(36)32-25-24(30)16-31-33(25)21-10-7-19(8-11-21)22-12-9-20(15-23(22)29)28(13-14-28)26(34)35/h2-12,15-17H,13-14H2,1H3,(H,32,36)(H,34,35)/t17-/m1/s1. The van der Waals surface area contributed by atoms with Gasteiger partial charge in [-0.05, 0) is 54.7 Å². The van der Waals surface area contributed by atoms with Gasteiger partial charge in [-0.1, -0.05) is 54.6 Å². The SMILES string of the molecule is C[C@@H](OC(=O)Nc1c(F)cnn1-c1ccc(-c2ccc(C3(C(=O)O)CC3)cc2F)cc1)c1ccccc1. The summed E-state index contributed by atoms with van der Waals surface area (Å²) in [6.07, 6.45) is 0.562. The summed E-state index contributed by atoms with van der Waals surface area (Å²) >= 11 is 0. The summed E-state index contributed by atoms with van der Waals surface area (Å²) in [4.78, 5) is 24.0. The zero-order valence-electron chi connectivity index (χ0n) is 19.8. The van der Waals surface area contributed by atoms with Crippen molar-refractivity contribution in [2.75, 3.05) is 5.32 Å². The van der Waals surface area contributed by atoms with Crippen molar-refractivity contribution in [1.29, 1.82) is 0 Å². The van der Waals surface area contributed by atoms with Gasteiger partial charge in [-0.15, -0.1) is 0 Å². The predicted molar refractivity (Wildman–Crippen MR) is 132 cm³/mol. The first kappa shape index (κ1) is 24.2. The molecule has 1 aromatic heterocycles. The van der Waals surface area contributed by atoms with E-state index in [2.05, 4.69) is 10.4 Å². The molecule has 1 saturated carbocycles. The number of rotatable bonds is 7. The van der Waals surface area contributed by atoms with E-state index >= 15 is 0 Å². The van der Waals surface area contributed by atoms with E-state index in [9.17, 15) is 23.5 Å². The molecule has 0 unspecified atom stereocenters. The summed E-state index contributed by atoms with van der Waals surface area (Å²) in [5.74, 6) is -2.42. The molecule has 0 aliphatic heterocycles. The van der Waals surface area contributed by atoms with Gasteiger partial charge in [0.05, 0.1) is 17.3 Å². The number of halogens is 2. The number of nitrogens with one attached hydrogen (secondary N) is 1. The Morgan fingerprint density at radius 1 is 1.03 bits per heavy atom. The molecular weight excluding hydrogens is 480 g/mol. The fourth-order valence-electron chi connectivity index (χ4n) is 4.30. The van der Waals surface area contributed by atoms with Gasteiger partial charge in [-0.2, -0.15) is 5.10 Å². The number of aromatic nitrogens is 2. The lowest BCUT2D eigenvalue weighted by atomic mass is 9.93. The molecule has 9 heteroatoms. The predicted octanol–water partition coefficient (Wildman–Crippen LogP) is 6.24. The molecule has 5 rings (SSSR count). The van der Waals surface area contributed by atoms with Gasteiger partial charge in [0.2, 0.25) is 0 Å². The molecule has 0 spiro atoms. The van der Waals surface area contributed by atoms with Crippen molar-refractivity contribution in [2.45, 2.75) is 31.3 Å². The van der Waals surface area contributed by atoms with Crippen molar-refractivity contribution < 1.29 is 28.2 Å². The molecule has 1 atom stereocenters. The topological polar surface area (TPSA) is 93.5 Å². The summed E-state index contributed by atoms with van der Waals surface area (Å²) < 4.78 is 35.9. The zero-order valence-corrected chi connectivity index (χ0v) is 19.8. The van der Waals surface area contributed by atoms with Gasteiger partial charge >= 0.3 is 12.1 Å². The van der Waals surface area contributed by atoms with Gasteiger partial charge in [0.15, 0.2) is 11.6 Å². The van der Waals surface area contributed by atoms with Crippen LogP contribution < -0.4 is 5.32 Å². The van der Waals surface area contributed by atoms with Crippen molar-refractivity contribution in [3.63, 3.8) is 0 Å². The molecular formula is C28H23F2N3O4. The summed E-state index contributed by atoms with van der Waals surface area (Å²) in [7, 11) is 0. The number of hydrogen-bond acceptors (Lipinski definition) is 4. The minimum Gasteiger partial charge on any atom is -0.481 e. The second-order valence-electron chi connectivity index (χ2n) is 8.96. The van der Waals surface area contributed by atoms with E-state index in [-0.39, 0.29) is 5.82 Å². The smallest absolute Gasteiger partial charge is 0.413 e. The average molecular weight is 504 g/mol. The van der Waals surface area contributed by atoms with Gasteiger partial charge in [0, 0.05) is 5.56 Å². The lowest BCUT2D eigenvalue weighted by Gasteiger charge is -2.15. The Kier molecular flexibility index (Phi) is 6.20. The molecule has 37 heavy (non-hydrogen) atoms. The van der Waals surface area contributed by atoms with Crippen LogP contribution in [-0.4, -0.2) is 26.9 Å². The molecule has 188 valence electrons. The van der Waals surface area contributed by atoms with Crippen molar-refractivity contribution in [3.05, 3.63) is 102 Å². The second-order valence-corrected chi connectivity index (χ2v) is 8.96. The Bertz CT molecular complexity index is 1460. The molecule has 2 N–H and O–H groups in total. The number of hydrogen-bond donors (Lipinski definition) is 2. The number of benzene rings is 3. The molecule has 0 radical (unpaired) electrons. The first-order valence-corrected chi connectivity index (χ1v) is 11.7. The molecule has 3 aromatic carbocycles. The van der Waals surface area contributed by atoms with E-state index in [1.165, 1.54) is 10.7 Å². The van der Waals surface area contributed by atoms with Crippen LogP contribution in [0.3, 0.4) is 0 Å². The van der Waals surface area contributed by atoms with E-state index in [0.717, 1.165) is 11.8 Å². The third-order valence-corrected chi connectivity index (χ3v) is 6.60.